The predicted molar refractivity (Wildman–Crippen MR) is 105 cm³/mol. The Morgan fingerprint density at radius 2 is 2.11 bits per heavy atom. The van der Waals surface area contributed by atoms with E-state index in [1.807, 2.05) is 18.2 Å². The first-order chi connectivity index (χ1) is 13.0. The molecule has 3 heterocycles. The van der Waals surface area contributed by atoms with Crippen molar-refractivity contribution in [2.75, 3.05) is 26.0 Å². The molecule has 27 heavy (non-hydrogen) atoms. The fraction of sp³-hybridized carbons (Fsp3) is 0.263. The zero-order chi connectivity index (χ0) is 19.0. The number of nitrogens with zero attached hydrogens (tertiary/aromatic N) is 4. The Labute approximate surface area is 160 Å². The molecule has 4 rings (SSSR count). The van der Waals surface area contributed by atoms with Crippen LogP contribution in [0.4, 0.5) is 10.5 Å². The van der Waals surface area contributed by atoms with Crippen LogP contribution < -0.4 is 5.32 Å². The van der Waals surface area contributed by atoms with E-state index in [1.165, 1.54) is 0 Å². The summed E-state index contributed by atoms with van der Waals surface area (Å²) in [6, 6.07) is 5.65. The van der Waals surface area contributed by atoms with E-state index in [4.69, 9.17) is 0 Å². The number of nitrogens with one attached hydrogen (secondary N) is 1. The standard InChI is InChI=1S/C19H19N5O2S/c1-23(2)19(26)24-6-5-14-12(10-24)8-20-9-15(14)18(25)22-13-3-4-17-16(7-13)21-11-27-17/h3-4,7-9,11H,5-6,10H2,1-2H3,(H,22,25). The summed E-state index contributed by atoms with van der Waals surface area (Å²) >= 11 is 1.56. The molecule has 0 atom stereocenters. The van der Waals surface area contributed by atoms with Crippen molar-refractivity contribution >= 4 is 39.2 Å². The molecular weight excluding hydrogens is 362 g/mol. The molecule has 3 amide bonds. The van der Waals surface area contributed by atoms with Gasteiger partial charge in [0.05, 0.1) is 21.3 Å². The van der Waals surface area contributed by atoms with Crippen LogP contribution >= 0.6 is 11.3 Å². The molecule has 1 aromatic carbocycles. The number of anilines is 1. The second-order valence-corrected chi connectivity index (χ2v) is 7.55. The summed E-state index contributed by atoms with van der Waals surface area (Å²) in [4.78, 5) is 36.9. The minimum atomic E-state index is -0.193. The minimum absolute atomic E-state index is 0.0351. The number of thiazole rings is 1. The highest BCUT2D eigenvalue weighted by Crippen LogP contribution is 2.25. The van der Waals surface area contributed by atoms with Gasteiger partial charge in [0, 0.05) is 45.3 Å². The first-order valence-electron chi connectivity index (χ1n) is 8.59. The maximum Gasteiger partial charge on any atom is 0.319 e. The van der Waals surface area contributed by atoms with Gasteiger partial charge in [0.1, 0.15) is 0 Å². The molecule has 8 heteroatoms. The quantitative estimate of drug-likeness (QED) is 0.740. The lowest BCUT2D eigenvalue weighted by atomic mass is 9.97. The summed E-state index contributed by atoms with van der Waals surface area (Å²) in [5, 5.41) is 2.94. The third kappa shape index (κ3) is 3.35. The predicted octanol–water partition coefficient (Wildman–Crippen LogP) is 2.98. The van der Waals surface area contributed by atoms with Crippen LogP contribution in [0.1, 0.15) is 21.5 Å². The van der Waals surface area contributed by atoms with Gasteiger partial charge in [0.15, 0.2) is 0 Å². The third-order valence-electron chi connectivity index (χ3n) is 4.63. The van der Waals surface area contributed by atoms with Gasteiger partial charge in [-0.3, -0.25) is 9.78 Å². The fourth-order valence-corrected chi connectivity index (χ4v) is 3.93. The second-order valence-electron chi connectivity index (χ2n) is 6.66. The second kappa shape index (κ2) is 6.96. The molecule has 1 N–H and O–H groups in total. The van der Waals surface area contributed by atoms with Gasteiger partial charge in [-0.15, -0.1) is 11.3 Å². The highest BCUT2D eigenvalue weighted by atomic mass is 32.1. The third-order valence-corrected chi connectivity index (χ3v) is 5.44. The van der Waals surface area contributed by atoms with Crippen molar-refractivity contribution in [3.63, 3.8) is 0 Å². The molecule has 3 aromatic rings. The van der Waals surface area contributed by atoms with E-state index < -0.39 is 0 Å². The van der Waals surface area contributed by atoms with Crippen molar-refractivity contribution in [3.05, 3.63) is 52.8 Å². The number of hydrogen-bond acceptors (Lipinski definition) is 5. The maximum atomic E-state index is 12.8. The SMILES string of the molecule is CN(C)C(=O)N1CCc2c(cncc2C(=O)Nc2ccc3scnc3c2)C1. The van der Waals surface area contributed by atoms with Gasteiger partial charge in [0.25, 0.3) is 5.91 Å². The monoisotopic (exact) mass is 381 g/mol. The number of benzene rings is 1. The van der Waals surface area contributed by atoms with Crippen molar-refractivity contribution in [1.29, 1.82) is 0 Å². The lowest BCUT2D eigenvalue weighted by Gasteiger charge is -2.31. The van der Waals surface area contributed by atoms with Crippen LogP contribution in [0.15, 0.2) is 36.1 Å². The number of carbonyl (C=O) groups excluding carboxylic acids is 2. The molecular formula is C19H19N5O2S. The van der Waals surface area contributed by atoms with Crippen molar-refractivity contribution in [2.45, 2.75) is 13.0 Å². The van der Waals surface area contributed by atoms with Crippen LogP contribution in [0.5, 0.6) is 0 Å². The molecule has 0 unspecified atom stereocenters. The Kier molecular flexibility index (Phi) is 4.49. The Balaban J connectivity index is 1.57. The molecule has 0 bridgehead atoms. The van der Waals surface area contributed by atoms with Gasteiger partial charge in [-0.25, -0.2) is 9.78 Å². The summed E-state index contributed by atoms with van der Waals surface area (Å²) in [6.45, 7) is 1.05. The number of aromatic nitrogens is 2. The Hall–Kier alpha value is -3.00. The summed E-state index contributed by atoms with van der Waals surface area (Å²) in [6.07, 6.45) is 3.97. The zero-order valence-electron chi connectivity index (χ0n) is 15.1. The molecule has 2 aromatic heterocycles. The normalized spacial score (nSPS) is 13.3. The van der Waals surface area contributed by atoms with E-state index in [0.29, 0.717) is 30.8 Å². The van der Waals surface area contributed by atoms with Gasteiger partial charge in [0.2, 0.25) is 0 Å². The number of rotatable bonds is 2. The van der Waals surface area contributed by atoms with Gasteiger partial charge in [-0.05, 0) is 35.7 Å². The van der Waals surface area contributed by atoms with E-state index >= 15 is 0 Å². The Bertz CT molecular complexity index is 1030. The van der Waals surface area contributed by atoms with Crippen LogP contribution in [0, 0.1) is 0 Å². The molecule has 0 radical (unpaired) electrons. The number of amides is 3. The van der Waals surface area contributed by atoms with Crippen LogP contribution in [0.25, 0.3) is 10.2 Å². The van der Waals surface area contributed by atoms with Gasteiger partial charge < -0.3 is 15.1 Å². The molecule has 0 spiro atoms. The Morgan fingerprint density at radius 1 is 1.26 bits per heavy atom. The van der Waals surface area contributed by atoms with Crippen LogP contribution in [-0.2, 0) is 13.0 Å². The van der Waals surface area contributed by atoms with E-state index in [2.05, 4.69) is 15.3 Å². The first kappa shape index (κ1) is 17.4. The van der Waals surface area contributed by atoms with Crippen LogP contribution in [0.2, 0.25) is 0 Å². The molecule has 138 valence electrons. The highest BCUT2D eigenvalue weighted by molar-refractivity contribution is 7.16. The van der Waals surface area contributed by atoms with Crippen molar-refractivity contribution < 1.29 is 9.59 Å². The van der Waals surface area contributed by atoms with Crippen LogP contribution in [-0.4, -0.2) is 52.3 Å². The lowest BCUT2D eigenvalue weighted by Crippen LogP contribution is -2.42. The van der Waals surface area contributed by atoms with E-state index in [-0.39, 0.29) is 11.9 Å². The molecule has 7 nitrogen and oxygen atoms in total. The topological polar surface area (TPSA) is 78.4 Å². The number of fused-ring (bicyclic) bond motifs is 2. The number of pyridine rings is 1. The number of carbonyl (C=O) groups is 2. The molecule has 1 aliphatic rings. The smallest absolute Gasteiger partial charge is 0.319 e. The summed E-state index contributed by atoms with van der Waals surface area (Å²) < 4.78 is 1.08. The lowest BCUT2D eigenvalue weighted by molar-refractivity contribution is 0.102. The molecule has 0 fully saturated rings. The highest BCUT2D eigenvalue weighted by Gasteiger charge is 2.25. The molecule has 1 aliphatic heterocycles. The zero-order valence-corrected chi connectivity index (χ0v) is 15.9. The van der Waals surface area contributed by atoms with Gasteiger partial charge >= 0.3 is 6.03 Å². The van der Waals surface area contributed by atoms with Gasteiger partial charge in [-0.1, -0.05) is 0 Å². The summed E-state index contributed by atoms with van der Waals surface area (Å²) in [5.41, 5.74) is 5.79. The fourth-order valence-electron chi connectivity index (χ4n) is 3.27. The largest absolute Gasteiger partial charge is 0.331 e. The maximum absolute atomic E-state index is 12.8. The van der Waals surface area contributed by atoms with Gasteiger partial charge in [-0.2, -0.15) is 0 Å². The summed E-state index contributed by atoms with van der Waals surface area (Å²) in [5.74, 6) is -0.193. The average molecular weight is 381 g/mol. The van der Waals surface area contributed by atoms with Crippen LogP contribution in [0.3, 0.4) is 0 Å². The summed E-state index contributed by atoms with van der Waals surface area (Å²) in [7, 11) is 3.47. The average Bonchev–Trinajstić information content (AvgIpc) is 3.14. The van der Waals surface area contributed by atoms with E-state index in [1.54, 1.807) is 53.1 Å². The van der Waals surface area contributed by atoms with E-state index in [9.17, 15) is 9.59 Å². The molecule has 0 aliphatic carbocycles. The number of urea groups is 1. The van der Waals surface area contributed by atoms with E-state index in [0.717, 1.165) is 21.3 Å². The Morgan fingerprint density at radius 3 is 2.93 bits per heavy atom. The molecule has 0 saturated heterocycles. The number of hydrogen-bond donors (Lipinski definition) is 1. The molecule has 0 saturated carbocycles. The van der Waals surface area contributed by atoms with Crippen molar-refractivity contribution in [3.8, 4) is 0 Å². The van der Waals surface area contributed by atoms with Crippen molar-refractivity contribution in [2.24, 2.45) is 0 Å². The van der Waals surface area contributed by atoms with Crippen molar-refractivity contribution in [1.82, 2.24) is 19.8 Å². The first-order valence-corrected chi connectivity index (χ1v) is 9.47. The minimum Gasteiger partial charge on any atom is -0.331 e.